The molecule has 0 fully saturated rings. The van der Waals surface area contributed by atoms with Crippen LogP contribution < -0.4 is 5.32 Å². The molecule has 0 aliphatic carbocycles. The van der Waals surface area contributed by atoms with Crippen LogP contribution in [-0.2, 0) is 0 Å². The minimum Gasteiger partial charge on any atom is -0.478 e. The second kappa shape index (κ2) is 5.81. The lowest BCUT2D eigenvalue weighted by Gasteiger charge is -2.10. The molecule has 1 aromatic carbocycles. The number of carbonyl (C=O) groups is 1. The van der Waals surface area contributed by atoms with E-state index in [9.17, 15) is 4.79 Å². The highest BCUT2D eigenvalue weighted by Crippen LogP contribution is 2.27. The van der Waals surface area contributed by atoms with Gasteiger partial charge in [0, 0.05) is 10.2 Å². The number of benzene rings is 1. The van der Waals surface area contributed by atoms with Gasteiger partial charge in [-0.25, -0.2) is 9.78 Å². The van der Waals surface area contributed by atoms with Crippen molar-refractivity contribution >= 4 is 45.0 Å². The van der Waals surface area contributed by atoms with E-state index in [4.69, 9.17) is 16.7 Å². The van der Waals surface area contributed by atoms with Crippen LogP contribution in [0.5, 0.6) is 0 Å². The Morgan fingerprint density at radius 2 is 1.85 bits per heavy atom. The Morgan fingerprint density at radius 3 is 2.40 bits per heavy atom. The van der Waals surface area contributed by atoms with Crippen molar-refractivity contribution in [1.82, 2.24) is 4.98 Å². The molecule has 4 nitrogen and oxygen atoms in total. The molecular weight excluding hydrogens is 344 g/mol. The normalized spacial score (nSPS) is 10.4. The number of pyridine rings is 1. The summed E-state index contributed by atoms with van der Waals surface area (Å²) in [6.07, 6.45) is 0. The number of nitrogens with one attached hydrogen (secondary N) is 1. The van der Waals surface area contributed by atoms with Gasteiger partial charge < -0.3 is 10.4 Å². The van der Waals surface area contributed by atoms with Gasteiger partial charge in [-0.1, -0.05) is 27.5 Å². The molecular formula is C14H12BrClN2O2. The minimum atomic E-state index is -1.04. The Morgan fingerprint density at radius 1 is 1.25 bits per heavy atom. The predicted molar refractivity (Wildman–Crippen MR) is 83.1 cm³/mol. The molecule has 104 valence electrons. The van der Waals surface area contributed by atoms with Gasteiger partial charge in [0.05, 0.1) is 5.56 Å². The summed E-state index contributed by atoms with van der Waals surface area (Å²) in [7, 11) is 0. The molecule has 0 radical (unpaired) electrons. The molecule has 2 aromatic rings. The first-order valence-corrected chi connectivity index (χ1v) is 6.98. The number of aromatic carboxylic acids is 1. The topological polar surface area (TPSA) is 62.2 Å². The largest absolute Gasteiger partial charge is 0.478 e. The molecule has 0 amide bonds. The Hall–Kier alpha value is -1.59. The van der Waals surface area contributed by atoms with Crippen molar-refractivity contribution in [3.8, 4) is 0 Å². The zero-order valence-corrected chi connectivity index (χ0v) is 13.2. The van der Waals surface area contributed by atoms with Crippen LogP contribution in [0.4, 0.5) is 11.5 Å². The van der Waals surface area contributed by atoms with Gasteiger partial charge in [0.25, 0.3) is 0 Å². The van der Waals surface area contributed by atoms with Crippen LogP contribution >= 0.6 is 27.5 Å². The molecule has 20 heavy (non-hydrogen) atoms. The highest BCUT2D eigenvalue weighted by atomic mass is 79.9. The first-order valence-electron chi connectivity index (χ1n) is 5.81. The van der Waals surface area contributed by atoms with E-state index in [0.29, 0.717) is 5.82 Å². The first-order chi connectivity index (χ1) is 9.36. The Bertz CT molecular complexity index is 666. The van der Waals surface area contributed by atoms with Crippen molar-refractivity contribution in [2.24, 2.45) is 0 Å². The smallest absolute Gasteiger partial charge is 0.335 e. The van der Waals surface area contributed by atoms with Gasteiger partial charge in [-0.3, -0.25) is 0 Å². The van der Waals surface area contributed by atoms with Crippen molar-refractivity contribution in [3.63, 3.8) is 0 Å². The number of aryl methyl sites for hydroxylation is 2. The van der Waals surface area contributed by atoms with E-state index >= 15 is 0 Å². The summed E-state index contributed by atoms with van der Waals surface area (Å²) in [5.41, 5.74) is 3.08. The summed E-state index contributed by atoms with van der Waals surface area (Å²) in [5, 5.41) is 12.2. The molecule has 0 aliphatic rings. The van der Waals surface area contributed by atoms with Gasteiger partial charge >= 0.3 is 5.97 Å². The number of anilines is 2. The second-order valence-electron chi connectivity index (χ2n) is 4.42. The van der Waals surface area contributed by atoms with Gasteiger partial charge in [-0.2, -0.15) is 0 Å². The summed E-state index contributed by atoms with van der Waals surface area (Å²) in [6.45, 7) is 3.96. The standard InChI is InChI=1S/C14H12BrClN2O2/c1-7-3-10(4-8(2)13(7)15)17-12-6-9(14(19)20)5-11(16)18-12/h3-6H,1-2H3,(H,17,18)(H,19,20). The number of hydrogen-bond donors (Lipinski definition) is 2. The number of nitrogens with zero attached hydrogens (tertiary/aromatic N) is 1. The summed E-state index contributed by atoms with van der Waals surface area (Å²) in [5.74, 6) is -0.642. The van der Waals surface area contributed by atoms with Gasteiger partial charge in [0.1, 0.15) is 11.0 Å². The number of halogens is 2. The molecule has 0 atom stereocenters. The minimum absolute atomic E-state index is 0.0954. The average molecular weight is 356 g/mol. The summed E-state index contributed by atoms with van der Waals surface area (Å²) < 4.78 is 1.05. The molecule has 1 heterocycles. The SMILES string of the molecule is Cc1cc(Nc2cc(C(=O)O)cc(Cl)n2)cc(C)c1Br. The van der Waals surface area contributed by atoms with Crippen LogP contribution in [0.2, 0.25) is 5.15 Å². The fourth-order valence-corrected chi connectivity index (χ4v) is 2.29. The number of aromatic nitrogens is 1. The van der Waals surface area contributed by atoms with E-state index in [1.807, 2.05) is 26.0 Å². The summed E-state index contributed by atoms with van der Waals surface area (Å²) >= 11 is 9.32. The lowest BCUT2D eigenvalue weighted by molar-refractivity contribution is 0.0697. The van der Waals surface area contributed by atoms with Gasteiger partial charge in [0.2, 0.25) is 0 Å². The third-order valence-corrected chi connectivity index (χ3v) is 4.19. The fraction of sp³-hybridized carbons (Fsp3) is 0.143. The highest BCUT2D eigenvalue weighted by Gasteiger charge is 2.09. The maximum absolute atomic E-state index is 11.0. The van der Waals surface area contributed by atoms with E-state index in [2.05, 4.69) is 26.2 Å². The number of carboxylic acids is 1. The Kier molecular flexibility index (Phi) is 4.30. The molecule has 6 heteroatoms. The molecule has 0 saturated heterocycles. The molecule has 2 N–H and O–H groups in total. The van der Waals surface area contributed by atoms with Crippen molar-refractivity contribution in [2.45, 2.75) is 13.8 Å². The van der Waals surface area contributed by atoms with E-state index in [1.54, 1.807) is 0 Å². The lowest BCUT2D eigenvalue weighted by Crippen LogP contribution is -2.01. The summed E-state index contributed by atoms with van der Waals surface area (Å²) in [4.78, 5) is 15.1. The van der Waals surface area contributed by atoms with Crippen LogP contribution in [0.1, 0.15) is 21.5 Å². The zero-order chi connectivity index (χ0) is 14.9. The summed E-state index contributed by atoms with van der Waals surface area (Å²) in [6, 6.07) is 6.65. The Balaban J connectivity index is 2.37. The van der Waals surface area contributed by atoms with E-state index in [0.717, 1.165) is 21.3 Å². The maximum atomic E-state index is 11.0. The van der Waals surface area contributed by atoms with Crippen LogP contribution in [0.25, 0.3) is 0 Å². The van der Waals surface area contributed by atoms with Crippen LogP contribution in [0.15, 0.2) is 28.7 Å². The monoisotopic (exact) mass is 354 g/mol. The maximum Gasteiger partial charge on any atom is 0.335 e. The molecule has 0 saturated carbocycles. The first kappa shape index (κ1) is 14.8. The van der Waals surface area contributed by atoms with Crippen LogP contribution in [-0.4, -0.2) is 16.1 Å². The van der Waals surface area contributed by atoms with Crippen LogP contribution in [0, 0.1) is 13.8 Å². The molecule has 0 bridgehead atoms. The van der Waals surface area contributed by atoms with E-state index in [1.165, 1.54) is 12.1 Å². The van der Waals surface area contributed by atoms with Gasteiger partial charge in [-0.05, 0) is 49.2 Å². The van der Waals surface area contributed by atoms with E-state index in [-0.39, 0.29) is 10.7 Å². The second-order valence-corrected chi connectivity index (χ2v) is 5.60. The lowest BCUT2D eigenvalue weighted by atomic mass is 10.1. The van der Waals surface area contributed by atoms with Crippen molar-refractivity contribution in [3.05, 3.63) is 50.6 Å². The van der Waals surface area contributed by atoms with Gasteiger partial charge in [-0.15, -0.1) is 0 Å². The third kappa shape index (κ3) is 3.29. The molecule has 0 spiro atoms. The molecule has 1 aromatic heterocycles. The van der Waals surface area contributed by atoms with Crippen LogP contribution in [0.3, 0.4) is 0 Å². The zero-order valence-electron chi connectivity index (χ0n) is 10.9. The van der Waals surface area contributed by atoms with Gasteiger partial charge in [0.15, 0.2) is 0 Å². The molecule has 0 aliphatic heterocycles. The van der Waals surface area contributed by atoms with Crippen molar-refractivity contribution in [2.75, 3.05) is 5.32 Å². The van der Waals surface area contributed by atoms with E-state index < -0.39 is 5.97 Å². The fourth-order valence-electron chi connectivity index (χ4n) is 1.85. The molecule has 2 rings (SSSR count). The Labute approximate surface area is 129 Å². The average Bonchev–Trinajstić information content (AvgIpc) is 2.35. The molecule has 0 unspecified atom stereocenters. The number of hydrogen-bond acceptors (Lipinski definition) is 3. The van der Waals surface area contributed by atoms with Crippen molar-refractivity contribution < 1.29 is 9.90 Å². The number of carboxylic acid groups (broad SMARTS) is 1. The quantitative estimate of drug-likeness (QED) is 0.793. The third-order valence-electron chi connectivity index (χ3n) is 2.75. The number of rotatable bonds is 3. The van der Waals surface area contributed by atoms with Crippen molar-refractivity contribution in [1.29, 1.82) is 0 Å². The highest BCUT2D eigenvalue weighted by molar-refractivity contribution is 9.10. The predicted octanol–water partition coefficient (Wildman–Crippen LogP) is 4.56.